The zero-order chi connectivity index (χ0) is 16.2. The van der Waals surface area contributed by atoms with E-state index < -0.39 is 0 Å². The van der Waals surface area contributed by atoms with Gasteiger partial charge in [0.05, 0.1) is 6.61 Å². The normalized spacial score (nSPS) is 19.6. The van der Waals surface area contributed by atoms with E-state index in [4.69, 9.17) is 4.74 Å². The standard InChI is InChI=1S/C23H26O/c1-3-7-18(8-4-1)17-19-11-13-20(14-12-19)24-16-15-23-21-9-5-2-6-10-22(21)23/h1,3-4,7-8,11-14,21H,2,5-6,9-10,15-17H2/t21-/m1/s1. The fraction of sp³-hybridized carbons (Fsp3) is 0.391. The molecule has 2 aromatic rings. The lowest BCUT2D eigenvalue weighted by Crippen LogP contribution is -1.98. The van der Waals surface area contributed by atoms with E-state index in [9.17, 15) is 0 Å². The van der Waals surface area contributed by atoms with Gasteiger partial charge in [0.1, 0.15) is 5.75 Å². The average molecular weight is 318 g/mol. The van der Waals surface area contributed by atoms with Crippen LogP contribution in [-0.2, 0) is 6.42 Å². The zero-order valence-electron chi connectivity index (χ0n) is 14.3. The molecule has 1 fully saturated rings. The van der Waals surface area contributed by atoms with Gasteiger partial charge in [-0.2, -0.15) is 0 Å². The van der Waals surface area contributed by atoms with Crippen molar-refractivity contribution in [2.24, 2.45) is 5.92 Å². The molecular formula is C23H26O. The van der Waals surface area contributed by atoms with Crippen LogP contribution in [0.4, 0.5) is 0 Å². The van der Waals surface area contributed by atoms with Gasteiger partial charge in [0.2, 0.25) is 0 Å². The molecule has 0 heterocycles. The summed E-state index contributed by atoms with van der Waals surface area (Å²) in [4.78, 5) is 0. The van der Waals surface area contributed by atoms with Gasteiger partial charge in [-0.1, -0.05) is 66.5 Å². The first-order chi connectivity index (χ1) is 11.9. The fourth-order valence-electron chi connectivity index (χ4n) is 4.05. The summed E-state index contributed by atoms with van der Waals surface area (Å²) in [6.07, 6.45) is 9.12. The Balaban J connectivity index is 1.26. The Bertz CT molecular complexity index is 697. The van der Waals surface area contributed by atoms with Crippen LogP contribution in [0.1, 0.15) is 49.7 Å². The van der Waals surface area contributed by atoms with Crippen molar-refractivity contribution >= 4 is 0 Å². The van der Waals surface area contributed by atoms with E-state index in [1.807, 2.05) is 0 Å². The maximum Gasteiger partial charge on any atom is 0.119 e. The van der Waals surface area contributed by atoms with Crippen LogP contribution in [0.15, 0.2) is 65.7 Å². The molecule has 2 aliphatic carbocycles. The Morgan fingerprint density at radius 1 is 0.833 bits per heavy atom. The highest BCUT2D eigenvalue weighted by Crippen LogP contribution is 2.49. The number of hydrogen-bond donors (Lipinski definition) is 0. The van der Waals surface area contributed by atoms with Crippen molar-refractivity contribution in [1.82, 2.24) is 0 Å². The number of benzene rings is 2. The molecule has 0 aromatic heterocycles. The molecule has 0 bridgehead atoms. The molecule has 0 unspecified atom stereocenters. The van der Waals surface area contributed by atoms with Crippen molar-refractivity contribution < 1.29 is 4.74 Å². The summed E-state index contributed by atoms with van der Waals surface area (Å²) in [5.74, 6) is 1.86. The molecule has 0 aliphatic heterocycles. The molecule has 0 N–H and O–H groups in total. The summed E-state index contributed by atoms with van der Waals surface area (Å²) in [5, 5.41) is 0. The lowest BCUT2D eigenvalue weighted by molar-refractivity contribution is 0.321. The smallest absolute Gasteiger partial charge is 0.119 e. The molecule has 2 aromatic carbocycles. The van der Waals surface area contributed by atoms with Crippen molar-refractivity contribution in [3.63, 3.8) is 0 Å². The van der Waals surface area contributed by atoms with Crippen LogP contribution in [-0.4, -0.2) is 6.61 Å². The lowest BCUT2D eigenvalue weighted by atomic mass is 10.1. The van der Waals surface area contributed by atoms with Gasteiger partial charge in [-0.3, -0.25) is 0 Å². The third-order valence-electron chi connectivity index (χ3n) is 5.42. The summed E-state index contributed by atoms with van der Waals surface area (Å²) in [6, 6.07) is 19.2. The number of ether oxygens (including phenoxy) is 1. The van der Waals surface area contributed by atoms with Gasteiger partial charge in [-0.25, -0.2) is 0 Å². The number of allylic oxidation sites excluding steroid dienone is 1. The molecule has 4 rings (SSSR count). The second-order valence-electron chi connectivity index (χ2n) is 7.11. The van der Waals surface area contributed by atoms with Gasteiger partial charge in [0, 0.05) is 12.3 Å². The Labute approximate surface area is 145 Å². The van der Waals surface area contributed by atoms with Crippen LogP contribution < -0.4 is 4.74 Å². The molecule has 0 spiro atoms. The first kappa shape index (κ1) is 15.5. The van der Waals surface area contributed by atoms with Crippen molar-refractivity contribution in [2.75, 3.05) is 6.61 Å². The van der Waals surface area contributed by atoms with E-state index in [-0.39, 0.29) is 0 Å². The first-order valence-electron chi connectivity index (χ1n) is 9.37. The Kier molecular flexibility index (Phi) is 4.69. The predicted molar refractivity (Wildman–Crippen MR) is 99.4 cm³/mol. The minimum absolute atomic E-state index is 0.827. The first-order valence-corrected chi connectivity index (χ1v) is 9.37. The second kappa shape index (κ2) is 7.25. The van der Waals surface area contributed by atoms with Gasteiger partial charge in [0.25, 0.3) is 0 Å². The van der Waals surface area contributed by atoms with Crippen molar-refractivity contribution in [3.05, 3.63) is 76.9 Å². The van der Waals surface area contributed by atoms with Crippen LogP contribution in [0.25, 0.3) is 0 Å². The van der Waals surface area contributed by atoms with E-state index >= 15 is 0 Å². The van der Waals surface area contributed by atoms with Crippen LogP contribution in [0, 0.1) is 5.92 Å². The van der Waals surface area contributed by atoms with E-state index in [0.717, 1.165) is 31.1 Å². The molecule has 24 heavy (non-hydrogen) atoms. The monoisotopic (exact) mass is 318 g/mol. The number of rotatable bonds is 6. The summed E-state index contributed by atoms with van der Waals surface area (Å²) < 4.78 is 5.97. The van der Waals surface area contributed by atoms with Crippen LogP contribution in [0.2, 0.25) is 0 Å². The van der Waals surface area contributed by atoms with Gasteiger partial charge >= 0.3 is 0 Å². The maximum absolute atomic E-state index is 5.97. The molecule has 1 atom stereocenters. The van der Waals surface area contributed by atoms with Crippen molar-refractivity contribution in [1.29, 1.82) is 0 Å². The molecule has 0 amide bonds. The summed E-state index contributed by atoms with van der Waals surface area (Å²) in [6.45, 7) is 0.827. The lowest BCUT2D eigenvalue weighted by Gasteiger charge is -2.07. The third kappa shape index (κ3) is 3.72. The molecular weight excluding hydrogens is 292 g/mol. The van der Waals surface area contributed by atoms with Gasteiger partial charge < -0.3 is 4.74 Å². The highest BCUT2D eigenvalue weighted by atomic mass is 16.5. The molecule has 1 saturated carbocycles. The topological polar surface area (TPSA) is 9.23 Å². The van der Waals surface area contributed by atoms with Crippen molar-refractivity contribution in [2.45, 2.75) is 44.9 Å². The Morgan fingerprint density at radius 3 is 2.46 bits per heavy atom. The molecule has 124 valence electrons. The molecule has 2 aliphatic rings. The number of fused-ring (bicyclic) bond motifs is 1. The summed E-state index contributed by atoms with van der Waals surface area (Å²) in [5.41, 5.74) is 6.18. The maximum atomic E-state index is 5.97. The SMILES string of the molecule is c1ccc(Cc2ccc(OCCC3=C4CCCCC[C@H]43)cc2)cc1. The molecule has 1 nitrogen and oxygen atoms in total. The largest absolute Gasteiger partial charge is 0.493 e. The van der Waals surface area contributed by atoms with Gasteiger partial charge in [0.15, 0.2) is 0 Å². The average Bonchev–Trinajstić information content (AvgIpc) is 3.33. The Morgan fingerprint density at radius 2 is 1.62 bits per heavy atom. The predicted octanol–water partition coefficient (Wildman–Crippen LogP) is 5.94. The second-order valence-corrected chi connectivity index (χ2v) is 7.11. The highest BCUT2D eigenvalue weighted by Gasteiger charge is 2.35. The third-order valence-corrected chi connectivity index (χ3v) is 5.42. The van der Waals surface area contributed by atoms with Crippen molar-refractivity contribution in [3.8, 4) is 5.75 Å². The molecule has 0 saturated heterocycles. The molecule has 0 radical (unpaired) electrons. The Hall–Kier alpha value is -2.02. The zero-order valence-corrected chi connectivity index (χ0v) is 14.3. The number of hydrogen-bond acceptors (Lipinski definition) is 1. The van der Waals surface area contributed by atoms with Gasteiger partial charge in [-0.05, 0) is 48.9 Å². The van der Waals surface area contributed by atoms with Gasteiger partial charge in [-0.15, -0.1) is 0 Å². The fourth-order valence-corrected chi connectivity index (χ4v) is 4.05. The van der Waals surface area contributed by atoms with E-state index in [0.29, 0.717) is 0 Å². The van der Waals surface area contributed by atoms with E-state index in [2.05, 4.69) is 54.6 Å². The summed E-state index contributed by atoms with van der Waals surface area (Å²) >= 11 is 0. The van der Waals surface area contributed by atoms with E-state index in [1.54, 1.807) is 11.1 Å². The highest BCUT2D eigenvalue weighted by molar-refractivity contribution is 5.41. The summed E-state index contributed by atoms with van der Waals surface area (Å²) in [7, 11) is 0. The quantitative estimate of drug-likeness (QED) is 0.599. The van der Waals surface area contributed by atoms with Crippen LogP contribution in [0.5, 0.6) is 5.75 Å². The molecule has 1 heteroatoms. The van der Waals surface area contributed by atoms with E-state index in [1.165, 1.54) is 43.2 Å². The minimum Gasteiger partial charge on any atom is -0.493 e. The van der Waals surface area contributed by atoms with Crippen LogP contribution in [0.3, 0.4) is 0 Å². The minimum atomic E-state index is 0.827. The van der Waals surface area contributed by atoms with Crippen LogP contribution >= 0.6 is 0 Å².